The highest BCUT2D eigenvalue weighted by Crippen LogP contribution is 2.20. The van der Waals surface area contributed by atoms with Gasteiger partial charge in [-0.3, -0.25) is 0 Å². The Balaban J connectivity index is 1.48. The van der Waals surface area contributed by atoms with E-state index in [1.165, 1.54) is 16.0 Å². The van der Waals surface area contributed by atoms with Crippen molar-refractivity contribution in [2.45, 2.75) is 31.9 Å². The van der Waals surface area contributed by atoms with E-state index in [-0.39, 0.29) is 0 Å². The third-order valence-corrected chi connectivity index (χ3v) is 5.60. The summed E-state index contributed by atoms with van der Waals surface area (Å²) in [7, 11) is 0. The van der Waals surface area contributed by atoms with Crippen molar-refractivity contribution in [1.82, 2.24) is 5.32 Å². The normalized spacial score (nSPS) is 13.5. The predicted molar refractivity (Wildman–Crippen MR) is 111 cm³/mol. The summed E-state index contributed by atoms with van der Waals surface area (Å²) in [4.78, 5) is 1.37. The number of aliphatic hydroxyl groups excluding tert-OH is 1. The van der Waals surface area contributed by atoms with E-state index in [0.717, 1.165) is 18.4 Å². The highest BCUT2D eigenvalue weighted by Gasteiger charge is 2.11. The number of halogens is 1. The zero-order chi connectivity index (χ0) is 18.4. The Hall–Kier alpha value is -1.65. The minimum atomic E-state index is -0.548. The fourth-order valence-corrected chi connectivity index (χ4v) is 4.19. The van der Waals surface area contributed by atoms with Gasteiger partial charge in [-0.2, -0.15) is 0 Å². The molecule has 0 saturated heterocycles. The van der Waals surface area contributed by atoms with Crippen LogP contribution in [0.4, 0.5) is 0 Å². The maximum absolute atomic E-state index is 10.3. The molecule has 1 heterocycles. The molecular formula is C22H24ClNOS. The molecule has 26 heavy (non-hydrogen) atoms. The Kier molecular flexibility index (Phi) is 6.86. The maximum atomic E-state index is 10.3. The van der Waals surface area contributed by atoms with Crippen molar-refractivity contribution in [2.24, 2.45) is 0 Å². The monoisotopic (exact) mass is 385 g/mol. The fourth-order valence-electron chi connectivity index (χ4n) is 2.98. The van der Waals surface area contributed by atoms with Crippen molar-refractivity contribution in [1.29, 1.82) is 0 Å². The molecule has 2 aromatic carbocycles. The molecule has 4 heteroatoms. The van der Waals surface area contributed by atoms with E-state index in [4.69, 9.17) is 11.6 Å². The average molecular weight is 386 g/mol. The van der Waals surface area contributed by atoms with Gasteiger partial charge in [0.05, 0.1) is 6.10 Å². The molecule has 0 radical (unpaired) electrons. The smallest absolute Gasteiger partial charge is 0.0914 e. The molecular weight excluding hydrogens is 362 g/mol. The third-order valence-electron chi connectivity index (χ3n) is 4.36. The summed E-state index contributed by atoms with van der Waals surface area (Å²) in [6, 6.07) is 20.5. The lowest BCUT2D eigenvalue weighted by Gasteiger charge is -2.17. The van der Waals surface area contributed by atoms with Gasteiger partial charge in [0, 0.05) is 22.5 Å². The molecule has 2 N–H and O–H groups in total. The predicted octanol–water partition coefficient (Wildman–Crippen LogP) is 5.25. The van der Waals surface area contributed by atoms with Gasteiger partial charge in [0.2, 0.25) is 0 Å². The number of hydrogen-bond donors (Lipinski definition) is 2. The Morgan fingerprint density at radius 2 is 1.85 bits per heavy atom. The topological polar surface area (TPSA) is 32.3 Å². The Morgan fingerprint density at radius 3 is 2.62 bits per heavy atom. The van der Waals surface area contributed by atoms with Gasteiger partial charge in [0.25, 0.3) is 0 Å². The molecule has 2 unspecified atom stereocenters. The quantitative estimate of drug-likeness (QED) is 0.555. The van der Waals surface area contributed by atoms with Crippen LogP contribution in [0.1, 0.15) is 34.6 Å². The van der Waals surface area contributed by atoms with E-state index in [2.05, 4.69) is 48.0 Å². The summed E-state index contributed by atoms with van der Waals surface area (Å²) in [6.45, 7) is 2.67. The summed E-state index contributed by atoms with van der Waals surface area (Å²) in [6.07, 6.45) is 1.39. The first-order chi connectivity index (χ1) is 12.6. The average Bonchev–Trinajstić information content (AvgIpc) is 3.07. The van der Waals surface area contributed by atoms with Crippen LogP contribution in [0.15, 0.2) is 66.0 Å². The van der Waals surface area contributed by atoms with Crippen molar-refractivity contribution in [3.8, 4) is 0 Å². The molecule has 3 aromatic rings. The molecule has 1 aromatic heterocycles. The molecule has 0 aliphatic carbocycles. The first-order valence-corrected chi connectivity index (χ1v) is 10.1. The molecule has 0 spiro atoms. The van der Waals surface area contributed by atoms with E-state index in [1.807, 2.05) is 41.7 Å². The highest BCUT2D eigenvalue weighted by molar-refractivity contribution is 7.10. The highest BCUT2D eigenvalue weighted by atomic mass is 35.5. The minimum absolute atomic E-state index is 0.298. The van der Waals surface area contributed by atoms with Gasteiger partial charge < -0.3 is 10.4 Å². The molecule has 0 aliphatic rings. The Bertz CT molecular complexity index is 818. The largest absolute Gasteiger partial charge is 0.387 e. The van der Waals surface area contributed by atoms with Crippen molar-refractivity contribution in [3.63, 3.8) is 0 Å². The lowest BCUT2D eigenvalue weighted by molar-refractivity contribution is 0.170. The van der Waals surface area contributed by atoms with E-state index in [9.17, 15) is 5.11 Å². The van der Waals surface area contributed by atoms with Gasteiger partial charge in [-0.25, -0.2) is 0 Å². The van der Waals surface area contributed by atoms with Gasteiger partial charge in [-0.05, 0) is 60.0 Å². The fraction of sp³-hybridized carbons (Fsp3) is 0.273. The number of rotatable bonds is 8. The van der Waals surface area contributed by atoms with Crippen LogP contribution >= 0.6 is 22.9 Å². The Morgan fingerprint density at radius 1 is 1.04 bits per heavy atom. The second-order valence-corrected chi connectivity index (χ2v) is 8.10. The second kappa shape index (κ2) is 9.33. The molecule has 2 nitrogen and oxygen atoms in total. The lowest BCUT2D eigenvalue weighted by atomic mass is 10.1. The second-order valence-electron chi connectivity index (χ2n) is 6.67. The summed E-state index contributed by atoms with van der Waals surface area (Å²) < 4.78 is 0. The van der Waals surface area contributed by atoms with E-state index >= 15 is 0 Å². The zero-order valence-electron chi connectivity index (χ0n) is 14.9. The first-order valence-electron chi connectivity index (χ1n) is 8.87. The van der Waals surface area contributed by atoms with E-state index in [1.54, 1.807) is 0 Å². The van der Waals surface area contributed by atoms with Crippen molar-refractivity contribution in [3.05, 3.63) is 92.6 Å². The van der Waals surface area contributed by atoms with Crippen LogP contribution in [0.3, 0.4) is 0 Å². The SMILES string of the molecule is CC(Cc1cc(Cc2ccccc2)cs1)NCC(O)c1cccc(Cl)c1. The van der Waals surface area contributed by atoms with Gasteiger partial charge in [-0.1, -0.05) is 54.1 Å². The molecule has 0 fully saturated rings. The third kappa shape index (κ3) is 5.68. The lowest BCUT2D eigenvalue weighted by Crippen LogP contribution is -2.31. The van der Waals surface area contributed by atoms with Crippen molar-refractivity contribution in [2.75, 3.05) is 6.54 Å². The van der Waals surface area contributed by atoms with Crippen LogP contribution in [-0.4, -0.2) is 17.7 Å². The van der Waals surface area contributed by atoms with Crippen LogP contribution in [0.5, 0.6) is 0 Å². The first kappa shape index (κ1) is 19.1. The van der Waals surface area contributed by atoms with Crippen LogP contribution < -0.4 is 5.32 Å². The van der Waals surface area contributed by atoms with Crippen LogP contribution in [0.25, 0.3) is 0 Å². The molecule has 0 bridgehead atoms. The summed E-state index contributed by atoms with van der Waals surface area (Å²) in [5, 5.41) is 16.6. The number of nitrogens with one attached hydrogen (secondary N) is 1. The van der Waals surface area contributed by atoms with E-state index in [0.29, 0.717) is 17.6 Å². The number of aliphatic hydroxyl groups is 1. The summed E-state index contributed by atoms with van der Waals surface area (Å²) in [5.74, 6) is 0. The van der Waals surface area contributed by atoms with Gasteiger partial charge in [0.15, 0.2) is 0 Å². The van der Waals surface area contributed by atoms with Gasteiger partial charge in [-0.15, -0.1) is 11.3 Å². The number of hydrogen-bond acceptors (Lipinski definition) is 3. The molecule has 136 valence electrons. The van der Waals surface area contributed by atoms with Gasteiger partial charge >= 0.3 is 0 Å². The van der Waals surface area contributed by atoms with E-state index < -0.39 is 6.10 Å². The van der Waals surface area contributed by atoms with Crippen LogP contribution in [-0.2, 0) is 12.8 Å². The standard InChI is InChI=1S/C22H24ClNOS/c1-16(24-14-22(25)19-8-5-9-20(23)13-19)10-21-12-18(15-26-21)11-17-6-3-2-4-7-17/h2-9,12-13,15-16,22,24-25H,10-11,14H2,1H3. The molecule has 3 rings (SSSR count). The molecule has 0 amide bonds. The van der Waals surface area contributed by atoms with Crippen LogP contribution in [0.2, 0.25) is 5.02 Å². The molecule has 0 saturated carbocycles. The Labute approximate surface area is 164 Å². The summed E-state index contributed by atoms with van der Waals surface area (Å²) in [5.41, 5.74) is 3.55. The van der Waals surface area contributed by atoms with Crippen molar-refractivity contribution < 1.29 is 5.11 Å². The maximum Gasteiger partial charge on any atom is 0.0914 e. The van der Waals surface area contributed by atoms with Crippen molar-refractivity contribution >= 4 is 22.9 Å². The number of thiophene rings is 1. The molecule has 0 aliphatic heterocycles. The van der Waals surface area contributed by atoms with Crippen LogP contribution in [0, 0.1) is 0 Å². The summed E-state index contributed by atoms with van der Waals surface area (Å²) >= 11 is 7.80. The minimum Gasteiger partial charge on any atom is -0.387 e. The van der Waals surface area contributed by atoms with Gasteiger partial charge in [0.1, 0.15) is 0 Å². The molecule has 2 atom stereocenters. The zero-order valence-corrected chi connectivity index (χ0v) is 16.4. The number of benzene rings is 2.